The van der Waals surface area contributed by atoms with Crippen LogP contribution >= 0.6 is 34.8 Å². The second-order valence-electron chi connectivity index (χ2n) is 6.01. The summed E-state index contributed by atoms with van der Waals surface area (Å²) in [6.45, 7) is -0.0165. The molecule has 0 aliphatic rings. The van der Waals surface area contributed by atoms with E-state index in [-0.39, 0.29) is 12.4 Å². The third-order valence-electron chi connectivity index (χ3n) is 3.80. The SMILES string of the molecule is O=C(O)Cn1nnc(-c2cnc(-c3cn(Cc4cc(Cl)c(Cl)c(Cl)c4)nn3)nc2)n1. The molecule has 0 aliphatic carbocycles. The Morgan fingerprint density at radius 2 is 1.70 bits per heavy atom. The van der Waals surface area contributed by atoms with Crippen LogP contribution in [0, 0.1) is 0 Å². The first-order valence-corrected chi connectivity index (χ1v) is 9.38. The second kappa shape index (κ2) is 8.30. The molecule has 0 spiro atoms. The number of tetrazole rings is 1. The molecule has 3 heterocycles. The molecule has 4 rings (SSSR count). The Hall–Kier alpha value is -3.15. The summed E-state index contributed by atoms with van der Waals surface area (Å²) >= 11 is 18.1. The molecule has 0 saturated heterocycles. The van der Waals surface area contributed by atoms with Crippen LogP contribution in [-0.4, -0.2) is 56.2 Å². The lowest BCUT2D eigenvalue weighted by Gasteiger charge is -2.05. The average molecular weight is 467 g/mol. The van der Waals surface area contributed by atoms with Crippen molar-refractivity contribution in [3.63, 3.8) is 0 Å². The number of aliphatic carboxylic acids is 1. The van der Waals surface area contributed by atoms with Gasteiger partial charge in [0.15, 0.2) is 12.4 Å². The number of carboxylic acids is 1. The molecule has 0 aliphatic heterocycles. The molecular weight excluding hydrogens is 457 g/mol. The first kappa shape index (κ1) is 20.1. The first-order valence-electron chi connectivity index (χ1n) is 8.25. The Morgan fingerprint density at radius 3 is 2.37 bits per heavy atom. The van der Waals surface area contributed by atoms with Gasteiger partial charge in [0.1, 0.15) is 5.69 Å². The van der Waals surface area contributed by atoms with E-state index in [1.165, 1.54) is 12.4 Å². The highest BCUT2D eigenvalue weighted by Gasteiger charge is 2.13. The van der Waals surface area contributed by atoms with Crippen LogP contribution in [0.2, 0.25) is 15.1 Å². The zero-order chi connectivity index (χ0) is 21.3. The topological polar surface area (TPSA) is 137 Å². The van der Waals surface area contributed by atoms with E-state index in [1.54, 1.807) is 23.0 Å². The van der Waals surface area contributed by atoms with Crippen molar-refractivity contribution < 1.29 is 9.90 Å². The van der Waals surface area contributed by atoms with Gasteiger partial charge < -0.3 is 5.11 Å². The summed E-state index contributed by atoms with van der Waals surface area (Å²) in [6.07, 6.45) is 4.65. The number of nitrogens with zero attached hydrogens (tertiary/aromatic N) is 9. The van der Waals surface area contributed by atoms with E-state index in [9.17, 15) is 4.79 Å². The summed E-state index contributed by atoms with van der Waals surface area (Å²) in [7, 11) is 0. The van der Waals surface area contributed by atoms with E-state index in [0.717, 1.165) is 10.4 Å². The van der Waals surface area contributed by atoms with Crippen LogP contribution in [-0.2, 0) is 17.9 Å². The summed E-state index contributed by atoms with van der Waals surface area (Å²) < 4.78 is 1.58. The number of carboxylic acid groups (broad SMARTS) is 1. The Kier molecular flexibility index (Phi) is 5.57. The van der Waals surface area contributed by atoms with Crippen LogP contribution in [0.3, 0.4) is 0 Å². The van der Waals surface area contributed by atoms with E-state index >= 15 is 0 Å². The fraction of sp³-hybridized carbons (Fsp3) is 0.125. The molecule has 0 bridgehead atoms. The Balaban J connectivity index is 1.50. The minimum Gasteiger partial charge on any atom is -0.480 e. The molecule has 14 heteroatoms. The summed E-state index contributed by atoms with van der Waals surface area (Å²) in [5, 5.41) is 29.3. The molecular formula is C16H10Cl3N9O2. The Morgan fingerprint density at radius 1 is 1.00 bits per heavy atom. The highest BCUT2D eigenvalue weighted by atomic mass is 35.5. The first-order chi connectivity index (χ1) is 14.4. The standard InChI is InChI=1S/C16H10Cl3N9O2/c17-10-1-8(2-11(18)14(10)19)5-27-6-12(22-25-27)16-20-3-9(4-21-16)15-23-26-28(24-15)7-13(29)30/h1-4,6H,5,7H2,(H,29,30). The van der Waals surface area contributed by atoms with Crippen molar-refractivity contribution in [2.45, 2.75) is 13.1 Å². The molecule has 0 fully saturated rings. The lowest BCUT2D eigenvalue weighted by Crippen LogP contribution is -2.11. The molecule has 30 heavy (non-hydrogen) atoms. The maximum Gasteiger partial charge on any atom is 0.327 e. The van der Waals surface area contributed by atoms with Gasteiger partial charge in [-0.15, -0.1) is 15.3 Å². The number of carbonyl (C=O) groups is 1. The van der Waals surface area contributed by atoms with E-state index in [0.29, 0.717) is 38.7 Å². The minimum atomic E-state index is -1.07. The van der Waals surface area contributed by atoms with Crippen molar-refractivity contribution in [2.75, 3.05) is 0 Å². The molecule has 0 atom stereocenters. The summed E-state index contributed by atoms with van der Waals surface area (Å²) in [4.78, 5) is 20.1. The molecule has 1 aromatic carbocycles. The predicted octanol–water partition coefficient (Wildman–Crippen LogP) is 2.48. The highest BCUT2D eigenvalue weighted by molar-refractivity contribution is 6.48. The van der Waals surface area contributed by atoms with Gasteiger partial charge in [0.25, 0.3) is 0 Å². The molecule has 0 amide bonds. The summed E-state index contributed by atoms with van der Waals surface area (Å²) in [5.74, 6) is -0.519. The highest BCUT2D eigenvalue weighted by Crippen LogP contribution is 2.31. The van der Waals surface area contributed by atoms with Crippen molar-refractivity contribution in [2.24, 2.45) is 0 Å². The smallest absolute Gasteiger partial charge is 0.327 e. The Bertz CT molecular complexity index is 1200. The lowest BCUT2D eigenvalue weighted by molar-refractivity contribution is -0.138. The number of hydrogen-bond donors (Lipinski definition) is 1. The number of benzene rings is 1. The largest absolute Gasteiger partial charge is 0.480 e. The van der Waals surface area contributed by atoms with Gasteiger partial charge in [-0.1, -0.05) is 40.0 Å². The van der Waals surface area contributed by atoms with Crippen molar-refractivity contribution in [3.05, 3.63) is 51.4 Å². The number of rotatable bonds is 6. The van der Waals surface area contributed by atoms with Gasteiger partial charge in [-0.2, -0.15) is 4.80 Å². The normalized spacial score (nSPS) is 11.0. The molecule has 0 radical (unpaired) electrons. The van der Waals surface area contributed by atoms with Gasteiger partial charge in [0.2, 0.25) is 5.82 Å². The molecule has 3 aromatic heterocycles. The van der Waals surface area contributed by atoms with Gasteiger partial charge in [-0.3, -0.25) is 4.79 Å². The van der Waals surface area contributed by atoms with Gasteiger partial charge in [0, 0.05) is 12.4 Å². The molecule has 0 saturated carbocycles. The van der Waals surface area contributed by atoms with Gasteiger partial charge >= 0.3 is 5.97 Å². The van der Waals surface area contributed by atoms with Crippen LogP contribution in [0.1, 0.15) is 5.56 Å². The van der Waals surface area contributed by atoms with Crippen LogP contribution in [0.4, 0.5) is 0 Å². The predicted molar refractivity (Wildman–Crippen MR) is 106 cm³/mol. The quantitative estimate of drug-likeness (QED) is 0.425. The van der Waals surface area contributed by atoms with Crippen LogP contribution in [0.5, 0.6) is 0 Å². The zero-order valence-corrected chi connectivity index (χ0v) is 17.1. The monoisotopic (exact) mass is 465 g/mol. The minimum absolute atomic E-state index is 0.211. The van der Waals surface area contributed by atoms with Crippen molar-refractivity contribution >= 4 is 40.8 Å². The third kappa shape index (κ3) is 4.37. The van der Waals surface area contributed by atoms with E-state index in [4.69, 9.17) is 39.9 Å². The van der Waals surface area contributed by atoms with Crippen LogP contribution in [0.15, 0.2) is 30.7 Å². The Labute approximate surface area is 183 Å². The lowest BCUT2D eigenvalue weighted by atomic mass is 10.2. The van der Waals surface area contributed by atoms with Gasteiger partial charge in [0.05, 0.1) is 33.4 Å². The van der Waals surface area contributed by atoms with Gasteiger partial charge in [-0.05, 0) is 22.9 Å². The van der Waals surface area contributed by atoms with E-state index < -0.39 is 5.97 Å². The number of aromatic nitrogens is 9. The maximum absolute atomic E-state index is 10.7. The van der Waals surface area contributed by atoms with Crippen LogP contribution in [0.25, 0.3) is 22.9 Å². The fourth-order valence-electron chi connectivity index (χ4n) is 2.49. The van der Waals surface area contributed by atoms with Crippen molar-refractivity contribution in [1.82, 2.24) is 45.2 Å². The zero-order valence-electron chi connectivity index (χ0n) is 14.8. The van der Waals surface area contributed by atoms with E-state index in [2.05, 4.69) is 35.7 Å². The molecule has 4 aromatic rings. The second-order valence-corrected chi connectivity index (χ2v) is 7.20. The molecule has 0 unspecified atom stereocenters. The number of hydrogen-bond acceptors (Lipinski definition) is 8. The summed E-state index contributed by atoms with van der Waals surface area (Å²) in [5.41, 5.74) is 1.74. The third-order valence-corrected chi connectivity index (χ3v) is 4.99. The molecule has 11 nitrogen and oxygen atoms in total. The molecule has 152 valence electrons. The van der Waals surface area contributed by atoms with Crippen molar-refractivity contribution in [1.29, 1.82) is 0 Å². The fourth-order valence-corrected chi connectivity index (χ4v) is 3.13. The van der Waals surface area contributed by atoms with E-state index in [1.807, 2.05) is 0 Å². The van der Waals surface area contributed by atoms with Gasteiger partial charge in [-0.25, -0.2) is 14.6 Å². The molecule has 1 N–H and O–H groups in total. The maximum atomic E-state index is 10.7. The van der Waals surface area contributed by atoms with Crippen LogP contribution < -0.4 is 0 Å². The van der Waals surface area contributed by atoms with Crippen molar-refractivity contribution in [3.8, 4) is 22.9 Å². The number of halogens is 3. The summed E-state index contributed by atoms with van der Waals surface area (Å²) in [6, 6.07) is 3.40. The average Bonchev–Trinajstić information content (AvgIpc) is 3.35.